The molecule has 18 heavy (non-hydrogen) atoms. The summed E-state index contributed by atoms with van der Waals surface area (Å²) >= 11 is 2.15. The van der Waals surface area contributed by atoms with E-state index in [0.717, 1.165) is 15.6 Å². The number of methoxy groups -OCH3 is 1. The zero-order valence-corrected chi connectivity index (χ0v) is 12.2. The predicted molar refractivity (Wildman–Crippen MR) is 79.7 cm³/mol. The number of esters is 1. The lowest BCUT2D eigenvalue weighted by molar-refractivity contribution is 0.0599. The monoisotopic (exact) mass is 352 g/mol. The van der Waals surface area contributed by atoms with Crippen LogP contribution in [0.2, 0.25) is 0 Å². The second-order valence-corrected chi connectivity index (χ2v) is 5.13. The summed E-state index contributed by atoms with van der Waals surface area (Å²) in [6, 6.07) is 16.1. The minimum Gasteiger partial charge on any atom is -0.465 e. The maximum absolute atomic E-state index is 11.6. The van der Waals surface area contributed by atoms with Crippen molar-refractivity contribution in [2.75, 3.05) is 7.11 Å². The number of halogens is 1. The Morgan fingerprint density at radius 2 is 1.83 bits per heavy atom. The second-order valence-electron chi connectivity index (χ2n) is 3.97. The highest BCUT2D eigenvalue weighted by atomic mass is 127. The second kappa shape index (κ2) is 6.00. The largest absolute Gasteiger partial charge is 0.465 e. The zero-order valence-electron chi connectivity index (χ0n) is 10.0. The first kappa shape index (κ1) is 13.1. The van der Waals surface area contributed by atoms with E-state index in [1.165, 1.54) is 12.7 Å². The molecule has 0 bridgehead atoms. The van der Waals surface area contributed by atoms with Gasteiger partial charge in [-0.25, -0.2) is 4.79 Å². The lowest BCUT2D eigenvalue weighted by Gasteiger charge is -2.06. The van der Waals surface area contributed by atoms with Gasteiger partial charge in [-0.1, -0.05) is 36.4 Å². The molecular weight excluding hydrogens is 339 g/mol. The van der Waals surface area contributed by atoms with Crippen molar-refractivity contribution in [3.05, 3.63) is 68.8 Å². The minimum atomic E-state index is -0.283. The molecule has 2 nitrogen and oxygen atoms in total. The molecule has 0 radical (unpaired) electrons. The third-order valence-corrected chi connectivity index (χ3v) is 3.63. The van der Waals surface area contributed by atoms with Gasteiger partial charge in [0.25, 0.3) is 0 Å². The van der Waals surface area contributed by atoms with Crippen molar-refractivity contribution in [1.29, 1.82) is 0 Å². The molecule has 0 spiro atoms. The molecule has 0 aromatic heterocycles. The normalized spacial score (nSPS) is 10.1. The van der Waals surface area contributed by atoms with Crippen LogP contribution < -0.4 is 0 Å². The highest BCUT2D eigenvalue weighted by Crippen LogP contribution is 2.18. The Bertz CT molecular complexity index is 550. The van der Waals surface area contributed by atoms with Crippen molar-refractivity contribution in [3.63, 3.8) is 0 Å². The van der Waals surface area contributed by atoms with Crippen molar-refractivity contribution < 1.29 is 9.53 Å². The van der Waals surface area contributed by atoms with Gasteiger partial charge < -0.3 is 4.74 Å². The van der Waals surface area contributed by atoms with E-state index in [2.05, 4.69) is 34.7 Å². The molecule has 0 saturated carbocycles. The maximum atomic E-state index is 11.6. The minimum absolute atomic E-state index is 0.283. The van der Waals surface area contributed by atoms with E-state index in [1.54, 1.807) is 0 Å². The number of ether oxygens (including phenoxy) is 1. The Morgan fingerprint density at radius 1 is 1.11 bits per heavy atom. The highest BCUT2D eigenvalue weighted by molar-refractivity contribution is 14.1. The first-order valence-corrected chi connectivity index (χ1v) is 6.69. The van der Waals surface area contributed by atoms with Crippen molar-refractivity contribution >= 4 is 28.6 Å². The van der Waals surface area contributed by atoms with Crippen LogP contribution in [-0.4, -0.2) is 13.1 Å². The number of hydrogen-bond donors (Lipinski definition) is 0. The lowest BCUT2D eigenvalue weighted by atomic mass is 10.0. The third kappa shape index (κ3) is 3.10. The molecule has 0 aliphatic rings. The van der Waals surface area contributed by atoms with Crippen LogP contribution in [0, 0.1) is 3.57 Å². The van der Waals surface area contributed by atoms with E-state index < -0.39 is 0 Å². The average molecular weight is 352 g/mol. The summed E-state index contributed by atoms with van der Waals surface area (Å²) in [5.41, 5.74) is 2.98. The molecule has 0 saturated heterocycles. The lowest BCUT2D eigenvalue weighted by Crippen LogP contribution is -2.04. The van der Waals surface area contributed by atoms with E-state index in [9.17, 15) is 4.79 Å². The average Bonchev–Trinajstić information content (AvgIpc) is 2.41. The molecule has 0 heterocycles. The fourth-order valence-corrected chi connectivity index (χ4v) is 2.34. The maximum Gasteiger partial charge on any atom is 0.338 e. The molecular formula is C15H13IO2. The van der Waals surface area contributed by atoms with E-state index in [-0.39, 0.29) is 5.97 Å². The molecule has 0 aliphatic carbocycles. The van der Waals surface area contributed by atoms with Gasteiger partial charge in [0, 0.05) is 3.57 Å². The van der Waals surface area contributed by atoms with E-state index in [1.807, 2.05) is 36.4 Å². The quantitative estimate of drug-likeness (QED) is 0.623. The highest BCUT2D eigenvalue weighted by Gasteiger charge is 2.10. The standard InChI is InChI=1S/C15H13IO2/c1-18-15(17)13-10-12(7-8-14(13)16)9-11-5-3-2-4-6-11/h2-8,10H,9H2,1H3. The van der Waals surface area contributed by atoms with Crippen LogP contribution >= 0.6 is 22.6 Å². The SMILES string of the molecule is COC(=O)c1cc(Cc2ccccc2)ccc1I. The van der Waals surface area contributed by atoms with Gasteiger partial charge in [0.1, 0.15) is 0 Å². The molecule has 3 heteroatoms. The van der Waals surface area contributed by atoms with E-state index in [4.69, 9.17) is 4.74 Å². The fraction of sp³-hybridized carbons (Fsp3) is 0.133. The van der Waals surface area contributed by atoms with Crippen LogP contribution in [0.4, 0.5) is 0 Å². The molecule has 2 aromatic carbocycles. The molecule has 92 valence electrons. The number of benzene rings is 2. The van der Waals surface area contributed by atoms with Crippen molar-refractivity contribution in [2.45, 2.75) is 6.42 Å². The molecule has 2 rings (SSSR count). The van der Waals surface area contributed by atoms with Crippen LogP contribution in [-0.2, 0) is 11.2 Å². The number of carbonyl (C=O) groups excluding carboxylic acids is 1. The van der Waals surface area contributed by atoms with Crippen LogP contribution in [0.1, 0.15) is 21.5 Å². The van der Waals surface area contributed by atoms with Gasteiger partial charge in [-0.2, -0.15) is 0 Å². The molecule has 0 atom stereocenters. The predicted octanol–water partition coefficient (Wildman–Crippen LogP) is 3.67. The first-order valence-electron chi connectivity index (χ1n) is 5.61. The van der Waals surface area contributed by atoms with Crippen LogP contribution in [0.5, 0.6) is 0 Å². The van der Waals surface area contributed by atoms with Gasteiger partial charge in [0.05, 0.1) is 12.7 Å². The summed E-state index contributed by atoms with van der Waals surface area (Å²) in [5.74, 6) is -0.283. The smallest absolute Gasteiger partial charge is 0.338 e. The van der Waals surface area contributed by atoms with Crippen molar-refractivity contribution in [2.24, 2.45) is 0 Å². The van der Waals surface area contributed by atoms with E-state index in [0.29, 0.717) is 5.56 Å². The summed E-state index contributed by atoms with van der Waals surface area (Å²) in [6.07, 6.45) is 0.821. The Hall–Kier alpha value is -1.36. The van der Waals surface area contributed by atoms with Crippen molar-refractivity contribution in [1.82, 2.24) is 0 Å². The number of hydrogen-bond acceptors (Lipinski definition) is 2. The topological polar surface area (TPSA) is 26.3 Å². The summed E-state index contributed by atoms with van der Waals surface area (Å²) in [7, 11) is 1.41. The Balaban J connectivity index is 2.27. The van der Waals surface area contributed by atoms with Crippen molar-refractivity contribution in [3.8, 4) is 0 Å². The zero-order chi connectivity index (χ0) is 13.0. The Kier molecular flexibility index (Phi) is 4.36. The summed E-state index contributed by atoms with van der Waals surface area (Å²) in [6.45, 7) is 0. The summed E-state index contributed by atoms with van der Waals surface area (Å²) in [4.78, 5) is 11.6. The number of rotatable bonds is 3. The van der Waals surface area contributed by atoms with Gasteiger partial charge in [0.15, 0.2) is 0 Å². The van der Waals surface area contributed by atoms with Crippen LogP contribution in [0.15, 0.2) is 48.5 Å². The Morgan fingerprint density at radius 3 is 2.50 bits per heavy atom. The number of carbonyl (C=O) groups is 1. The van der Waals surface area contributed by atoms with E-state index >= 15 is 0 Å². The molecule has 0 amide bonds. The molecule has 0 N–H and O–H groups in total. The van der Waals surface area contributed by atoms with Gasteiger partial charge >= 0.3 is 5.97 Å². The Labute approximate surface area is 120 Å². The molecule has 0 unspecified atom stereocenters. The summed E-state index contributed by atoms with van der Waals surface area (Å²) < 4.78 is 5.69. The first-order chi connectivity index (χ1) is 8.70. The van der Waals surface area contributed by atoms with Crippen LogP contribution in [0.3, 0.4) is 0 Å². The third-order valence-electron chi connectivity index (χ3n) is 2.69. The van der Waals surface area contributed by atoms with Gasteiger partial charge in [0.2, 0.25) is 0 Å². The molecule has 0 fully saturated rings. The fourth-order valence-electron chi connectivity index (χ4n) is 1.78. The van der Waals surface area contributed by atoms with Gasteiger partial charge in [-0.15, -0.1) is 0 Å². The summed E-state index contributed by atoms with van der Waals surface area (Å²) in [5, 5.41) is 0. The molecule has 0 aliphatic heterocycles. The van der Waals surface area contributed by atoms with Crippen LogP contribution in [0.25, 0.3) is 0 Å². The van der Waals surface area contributed by atoms with Gasteiger partial charge in [-0.05, 0) is 52.3 Å². The molecule has 2 aromatic rings. The van der Waals surface area contributed by atoms with Gasteiger partial charge in [-0.3, -0.25) is 0 Å².